The Morgan fingerprint density at radius 2 is 1.80 bits per heavy atom. The Morgan fingerprint density at radius 3 is 2.36 bits per heavy atom. The van der Waals surface area contributed by atoms with Crippen molar-refractivity contribution >= 4 is 21.7 Å². The molecule has 2 saturated heterocycles. The maximum absolute atomic E-state index is 12.8. The predicted octanol–water partition coefficient (Wildman–Crippen LogP) is 0.819. The monoisotopic (exact) mass is 367 g/mol. The summed E-state index contributed by atoms with van der Waals surface area (Å²) in [7, 11) is -3.27. The first-order valence-electron chi connectivity index (χ1n) is 8.64. The Morgan fingerprint density at radius 1 is 1.20 bits per heavy atom. The fraction of sp³-hybridized carbons (Fsp3) is 0.647. The lowest BCUT2D eigenvalue weighted by molar-refractivity contribution is -0.137. The van der Waals surface area contributed by atoms with Crippen LogP contribution < -0.4 is 0 Å². The molecule has 1 aromatic rings. The second-order valence-electron chi connectivity index (χ2n) is 7.49. The molecule has 2 aliphatic heterocycles. The van der Waals surface area contributed by atoms with E-state index in [-0.39, 0.29) is 29.2 Å². The van der Waals surface area contributed by atoms with E-state index in [1.54, 1.807) is 22.1 Å². The van der Waals surface area contributed by atoms with Gasteiger partial charge in [-0.3, -0.25) is 9.59 Å². The van der Waals surface area contributed by atoms with Gasteiger partial charge in [0.25, 0.3) is 5.91 Å². The van der Waals surface area contributed by atoms with E-state index in [4.69, 9.17) is 0 Å². The number of carbonyl (C=O) groups excluding carboxylic acids is 2. The number of sulfone groups is 1. The number of nitrogens with one attached hydrogen (secondary N) is 1. The maximum atomic E-state index is 12.8. The molecule has 7 nitrogen and oxygen atoms in total. The molecule has 1 aromatic heterocycles. The van der Waals surface area contributed by atoms with Crippen molar-refractivity contribution in [1.29, 1.82) is 0 Å². The highest BCUT2D eigenvalue weighted by molar-refractivity contribution is 7.91. The number of aromatic nitrogens is 1. The molecular weight excluding hydrogens is 342 g/mol. The van der Waals surface area contributed by atoms with Crippen LogP contribution in [0, 0.1) is 12.8 Å². The number of fused-ring (bicyclic) bond motifs is 1. The van der Waals surface area contributed by atoms with E-state index >= 15 is 0 Å². The average molecular weight is 367 g/mol. The van der Waals surface area contributed by atoms with Crippen LogP contribution in [0.25, 0.3) is 0 Å². The van der Waals surface area contributed by atoms with Crippen LogP contribution in [0.3, 0.4) is 0 Å². The molecule has 2 fully saturated rings. The minimum absolute atomic E-state index is 0.0232. The van der Waals surface area contributed by atoms with Gasteiger partial charge in [-0.25, -0.2) is 8.42 Å². The number of aromatic amines is 1. The molecule has 138 valence electrons. The van der Waals surface area contributed by atoms with Gasteiger partial charge in [0, 0.05) is 25.7 Å². The number of nitrogens with zero attached hydrogens (tertiary/aromatic N) is 2. The number of amides is 2. The van der Waals surface area contributed by atoms with E-state index in [0.29, 0.717) is 25.2 Å². The van der Waals surface area contributed by atoms with E-state index in [0.717, 1.165) is 5.56 Å². The van der Waals surface area contributed by atoms with E-state index < -0.39 is 21.9 Å². The van der Waals surface area contributed by atoms with Crippen LogP contribution in [-0.2, 0) is 14.6 Å². The third-order valence-corrected chi connectivity index (χ3v) is 6.60. The smallest absolute Gasteiger partial charge is 0.270 e. The topological polar surface area (TPSA) is 90.6 Å². The highest BCUT2D eigenvalue weighted by atomic mass is 32.2. The van der Waals surface area contributed by atoms with Crippen molar-refractivity contribution in [2.45, 2.75) is 39.3 Å². The van der Waals surface area contributed by atoms with Crippen molar-refractivity contribution in [2.24, 2.45) is 5.92 Å². The molecule has 2 amide bonds. The third kappa shape index (κ3) is 3.58. The van der Waals surface area contributed by atoms with Gasteiger partial charge in [-0.15, -0.1) is 0 Å². The highest BCUT2D eigenvalue weighted by Gasteiger charge is 2.49. The SMILES string of the molecule is Cc1c[nH]c(C(=O)N2CCN(C(=O)CC(C)C)[C@@H]3CS(=O)(=O)C[C@@H]32)c1. The van der Waals surface area contributed by atoms with Gasteiger partial charge in [-0.2, -0.15) is 0 Å². The summed E-state index contributed by atoms with van der Waals surface area (Å²) in [5, 5.41) is 0. The summed E-state index contributed by atoms with van der Waals surface area (Å²) >= 11 is 0. The molecular formula is C17H25N3O4S. The fourth-order valence-corrected chi connectivity index (χ4v) is 5.74. The van der Waals surface area contributed by atoms with E-state index in [1.807, 2.05) is 20.8 Å². The number of aryl methyl sites for hydroxylation is 1. The second kappa shape index (κ2) is 6.48. The number of hydrogen-bond donors (Lipinski definition) is 1. The Kier molecular flexibility index (Phi) is 4.66. The summed E-state index contributed by atoms with van der Waals surface area (Å²) in [6.45, 7) is 6.56. The first-order valence-corrected chi connectivity index (χ1v) is 10.5. The Bertz CT molecular complexity index is 784. The summed E-state index contributed by atoms with van der Waals surface area (Å²) in [5.41, 5.74) is 1.41. The van der Waals surface area contributed by atoms with Crippen LogP contribution in [0.4, 0.5) is 0 Å². The number of piperazine rings is 1. The molecule has 3 heterocycles. The Labute approximate surface area is 148 Å². The van der Waals surface area contributed by atoms with Crippen LogP contribution >= 0.6 is 0 Å². The molecule has 0 aliphatic carbocycles. The lowest BCUT2D eigenvalue weighted by Gasteiger charge is -2.44. The molecule has 0 aromatic carbocycles. The second-order valence-corrected chi connectivity index (χ2v) is 9.64. The van der Waals surface area contributed by atoms with Crippen molar-refractivity contribution in [3.8, 4) is 0 Å². The summed E-state index contributed by atoms with van der Waals surface area (Å²) in [4.78, 5) is 31.6. The number of H-pyrrole nitrogens is 1. The molecule has 1 N–H and O–H groups in total. The standard InChI is InChI=1S/C17H25N3O4S/c1-11(2)6-16(21)19-4-5-20(15-10-25(23,24)9-14(15)19)17(22)13-7-12(3)8-18-13/h7-8,11,14-15,18H,4-6,9-10H2,1-3H3/t14-,15+/m1/s1. The van der Waals surface area contributed by atoms with Gasteiger partial charge in [-0.1, -0.05) is 13.8 Å². The van der Waals surface area contributed by atoms with Gasteiger partial charge in [0.1, 0.15) is 5.69 Å². The van der Waals surface area contributed by atoms with Gasteiger partial charge >= 0.3 is 0 Å². The van der Waals surface area contributed by atoms with Crippen molar-refractivity contribution in [3.63, 3.8) is 0 Å². The molecule has 0 bridgehead atoms. The molecule has 2 aliphatic rings. The van der Waals surface area contributed by atoms with Crippen molar-refractivity contribution in [2.75, 3.05) is 24.6 Å². The summed E-state index contributed by atoms with van der Waals surface area (Å²) < 4.78 is 24.4. The first-order chi connectivity index (χ1) is 11.7. The van der Waals surface area contributed by atoms with E-state index in [9.17, 15) is 18.0 Å². The molecule has 2 atom stereocenters. The Balaban J connectivity index is 1.85. The summed E-state index contributed by atoms with van der Waals surface area (Å²) in [6, 6.07) is 0.854. The predicted molar refractivity (Wildman–Crippen MR) is 94.0 cm³/mol. The van der Waals surface area contributed by atoms with Gasteiger partial charge in [0.15, 0.2) is 9.84 Å². The zero-order valence-electron chi connectivity index (χ0n) is 14.9. The quantitative estimate of drug-likeness (QED) is 0.856. The highest BCUT2D eigenvalue weighted by Crippen LogP contribution is 2.29. The van der Waals surface area contributed by atoms with Crippen LogP contribution in [-0.4, -0.2) is 71.7 Å². The van der Waals surface area contributed by atoms with Crippen molar-refractivity contribution in [3.05, 3.63) is 23.5 Å². The zero-order chi connectivity index (χ0) is 18.4. The number of rotatable bonds is 3. The lowest BCUT2D eigenvalue weighted by Crippen LogP contribution is -2.62. The van der Waals surface area contributed by atoms with Gasteiger partial charge in [0.2, 0.25) is 5.91 Å². The van der Waals surface area contributed by atoms with Crippen LogP contribution in [0.2, 0.25) is 0 Å². The first kappa shape index (κ1) is 18.0. The zero-order valence-corrected chi connectivity index (χ0v) is 15.7. The Hall–Kier alpha value is -1.83. The molecule has 0 radical (unpaired) electrons. The molecule has 25 heavy (non-hydrogen) atoms. The van der Waals surface area contributed by atoms with E-state index in [2.05, 4.69) is 4.98 Å². The minimum Gasteiger partial charge on any atom is -0.357 e. The van der Waals surface area contributed by atoms with Gasteiger partial charge < -0.3 is 14.8 Å². The van der Waals surface area contributed by atoms with Gasteiger partial charge in [0.05, 0.1) is 23.6 Å². The maximum Gasteiger partial charge on any atom is 0.270 e. The van der Waals surface area contributed by atoms with Gasteiger partial charge in [-0.05, 0) is 24.5 Å². The largest absolute Gasteiger partial charge is 0.357 e. The van der Waals surface area contributed by atoms with Crippen LogP contribution in [0.1, 0.15) is 36.3 Å². The van der Waals surface area contributed by atoms with Crippen LogP contribution in [0.5, 0.6) is 0 Å². The summed E-state index contributed by atoms with van der Waals surface area (Å²) in [5.74, 6) is -0.143. The molecule has 0 spiro atoms. The van der Waals surface area contributed by atoms with Crippen molar-refractivity contribution in [1.82, 2.24) is 14.8 Å². The van der Waals surface area contributed by atoms with Crippen molar-refractivity contribution < 1.29 is 18.0 Å². The van der Waals surface area contributed by atoms with E-state index in [1.165, 1.54) is 0 Å². The minimum atomic E-state index is -3.27. The van der Waals surface area contributed by atoms with Crippen LogP contribution in [0.15, 0.2) is 12.3 Å². The fourth-order valence-electron chi connectivity index (χ4n) is 3.76. The number of carbonyl (C=O) groups is 2. The summed E-state index contributed by atoms with van der Waals surface area (Å²) in [6.07, 6.45) is 2.14. The average Bonchev–Trinajstić information content (AvgIpc) is 3.06. The molecule has 8 heteroatoms. The molecule has 3 rings (SSSR count). The third-order valence-electron chi connectivity index (χ3n) is 4.90. The normalized spacial score (nSPS) is 25.3. The molecule has 0 saturated carbocycles. The lowest BCUT2D eigenvalue weighted by atomic mass is 10.0. The number of hydrogen-bond acceptors (Lipinski definition) is 4. The molecule has 0 unspecified atom stereocenters.